The maximum Gasteiger partial charge on any atom is 0.339 e. The van der Waals surface area contributed by atoms with Gasteiger partial charge in [-0.1, -0.05) is 27.7 Å². The van der Waals surface area contributed by atoms with Gasteiger partial charge in [0.1, 0.15) is 5.56 Å². The number of nitrogens with zero attached hydrogens (tertiary/aromatic N) is 4. The quantitative estimate of drug-likeness (QED) is 0.914. The number of aromatic nitrogens is 4. The third-order valence-corrected chi connectivity index (χ3v) is 3.46. The van der Waals surface area contributed by atoms with Crippen LogP contribution in [0.2, 0.25) is 0 Å². The van der Waals surface area contributed by atoms with Gasteiger partial charge in [-0.05, 0) is 30.4 Å². The van der Waals surface area contributed by atoms with Crippen molar-refractivity contribution in [3.05, 3.63) is 34.8 Å². The SMILES string of the molecule is CCc1nnc(-n2ccc(C(C)C)n2)c(C(=O)O)c1CC. The summed E-state index contributed by atoms with van der Waals surface area (Å²) >= 11 is 0. The maximum absolute atomic E-state index is 11.7. The minimum Gasteiger partial charge on any atom is -0.478 e. The topological polar surface area (TPSA) is 80.9 Å². The van der Waals surface area contributed by atoms with E-state index in [0.717, 1.165) is 17.0 Å². The Bertz CT molecular complexity index is 662. The molecule has 0 aliphatic rings. The lowest BCUT2D eigenvalue weighted by Crippen LogP contribution is -2.16. The van der Waals surface area contributed by atoms with Gasteiger partial charge in [0.25, 0.3) is 0 Å². The molecule has 2 rings (SSSR count). The van der Waals surface area contributed by atoms with E-state index in [2.05, 4.69) is 15.3 Å². The number of hydrogen-bond donors (Lipinski definition) is 1. The van der Waals surface area contributed by atoms with E-state index >= 15 is 0 Å². The van der Waals surface area contributed by atoms with E-state index in [1.165, 1.54) is 4.68 Å². The predicted molar refractivity (Wildman–Crippen MR) is 79.0 cm³/mol. The second-order valence-electron chi connectivity index (χ2n) is 5.18. The van der Waals surface area contributed by atoms with Gasteiger partial charge < -0.3 is 5.11 Å². The first-order valence-corrected chi connectivity index (χ1v) is 7.17. The summed E-state index contributed by atoms with van der Waals surface area (Å²) < 4.78 is 1.50. The molecule has 6 nitrogen and oxygen atoms in total. The van der Waals surface area contributed by atoms with Crippen LogP contribution in [0, 0.1) is 0 Å². The summed E-state index contributed by atoms with van der Waals surface area (Å²) in [6.07, 6.45) is 3.00. The Morgan fingerprint density at radius 3 is 2.48 bits per heavy atom. The molecular weight excluding hydrogens is 268 g/mol. The number of hydrogen-bond acceptors (Lipinski definition) is 4. The normalized spacial score (nSPS) is 11.1. The van der Waals surface area contributed by atoms with Gasteiger partial charge in [0.15, 0.2) is 5.82 Å². The third kappa shape index (κ3) is 2.79. The van der Waals surface area contributed by atoms with Crippen LogP contribution in [0.4, 0.5) is 0 Å². The zero-order chi connectivity index (χ0) is 15.6. The minimum absolute atomic E-state index is 0.197. The lowest BCUT2D eigenvalue weighted by atomic mass is 10.0. The Hall–Kier alpha value is -2.24. The van der Waals surface area contributed by atoms with Crippen molar-refractivity contribution in [3.8, 4) is 5.82 Å². The summed E-state index contributed by atoms with van der Waals surface area (Å²) in [6.45, 7) is 7.94. The first kappa shape index (κ1) is 15.2. The molecule has 2 heterocycles. The highest BCUT2D eigenvalue weighted by Gasteiger charge is 2.22. The Labute approximate surface area is 123 Å². The molecule has 0 radical (unpaired) electrons. The van der Waals surface area contributed by atoms with E-state index in [0.29, 0.717) is 12.8 Å². The molecule has 0 unspecified atom stereocenters. The van der Waals surface area contributed by atoms with Gasteiger partial charge in [0.2, 0.25) is 0 Å². The monoisotopic (exact) mass is 288 g/mol. The first-order valence-electron chi connectivity index (χ1n) is 7.17. The van der Waals surface area contributed by atoms with Crippen molar-refractivity contribution < 1.29 is 9.90 Å². The van der Waals surface area contributed by atoms with Gasteiger partial charge in [0.05, 0.1) is 11.4 Å². The van der Waals surface area contributed by atoms with E-state index in [1.54, 1.807) is 6.20 Å². The number of rotatable bonds is 5. The highest BCUT2D eigenvalue weighted by molar-refractivity contribution is 5.93. The number of aryl methyl sites for hydroxylation is 1. The Kier molecular flexibility index (Phi) is 4.35. The van der Waals surface area contributed by atoms with E-state index in [1.807, 2.05) is 33.8 Å². The molecule has 0 amide bonds. The molecule has 0 spiro atoms. The van der Waals surface area contributed by atoms with Crippen LogP contribution in [0.1, 0.15) is 60.9 Å². The summed E-state index contributed by atoms with van der Waals surface area (Å²) in [7, 11) is 0. The largest absolute Gasteiger partial charge is 0.478 e. The smallest absolute Gasteiger partial charge is 0.339 e. The van der Waals surface area contributed by atoms with E-state index in [-0.39, 0.29) is 17.3 Å². The van der Waals surface area contributed by atoms with Gasteiger partial charge in [-0.3, -0.25) is 0 Å². The zero-order valence-electron chi connectivity index (χ0n) is 12.8. The van der Waals surface area contributed by atoms with Gasteiger partial charge in [-0.2, -0.15) is 10.2 Å². The van der Waals surface area contributed by atoms with Crippen LogP contribution in [0.25, 0.3) is 5.82 Å². The van der Waals surface area contributed by atoms with Gasteiger partial charge in [0, 0.05) is 6.20 Å². The van der Waals surface area contributed by atoms with Gasteiger partial charge >= 0.3 is 5.97 Å². The second-order valence-corrected chi connectivity index (χ2v) is 5.18. The molecule has 2 aromatic rings. The molecule has 0 saturated carbocycles. The number of carbonyl (C=O) groups is 1. The van der Waals surface area contributed by atoms with E-state index in [9.17, 15) is 9.90 Å². The molecule has 0 fully saturated rings. The van der Waals surface area contributed by atoms with Crippen molar-refractivity contribution in [2.24, 2.45) is 0 Å². The molecular formula is C15H20N4O2. The van der Waals surface area contributed by atoms with Gasteiger partial charge in [-0.25, -0.2) is 9.48 Å². The Morgan fingerprint density at radius 2 is 2.00 bits per heavy atom. The van der Waals surface area contributed by atoms with Gasteiger partial charge in [-0.15, -0.1) is 5.10 Å². The highest BCUT2D eigenvalue weighted by Crippen LogP contribution is 2.21. The molecule has 21 heavy (non-hydrogen) atoms. The van der Waals surface area contributed by atoms with Crippen LogP contribution >= 0.6 is 0 Å². The average molecular weight is 288 g/mol. The molecule has 0 saturated heterocycles. The van der Waals surface area contributed by atoms with E-state index in [4.69, 9.17) is 0 Å². The summed E-state index contributed by atoms with van der Waals surface area (Å²) in [4.78, 5) is 11.7. The lowest BCUT2D eigenvalue weighted by molar-refractivity contribution is 0.0694. The predicted octanol–water partition coefficient (Wildman–Crippen LogP) is 2.61. The second kappa shape index (κ2) is 6.03. The summed E-state index contributed by atoms with van der Waals surface area (Å²) in [5.41, 5.74) is 2.56. The minimum atomic E-state index is -0.993. The molecule has 1 N–H and O–H groups in total. The van der Waals surface area contributed by atoms with Crippen LogP contribution < -0.4 is 0 Å². The van der Waals surface area contributed by atoms with Crippen LogP contribution in [0.5, 0.6) is 0 Å². The fourth-order valence-corrected chi connectivity index (χ4v) is 2.31. The van der Waals surface area contributed by atoms with Crippen molar-refractivity contribution >= 4 is 5.97 Å². The Morgan fingerprint density at radius 1 is 1.29 bits per heavy atom. The maximum atomic E-state index is 11.7. The zero-order valence-corrected chi connectivity index (χ0v) is 12.8. The molecule has 0 atom stereocenters. The fourth-order valence-electron chi connectivity index (χ4n) is 2.31. The molecule has 0 bridgehead atoms. The molecule has 0 aliphatic carbocycles. The molecule has 0 aromatic carbocycles. The van der Waals surface area contributed by atoms with Crippen LogP contribution in [0.3, 0.4) is 0 Å². The van der Waals surface area contributed by atoms with Crippen LogP contribution in [-0.4, -0.2) is 31.1 Å². The molecule has 0 aliphatic heterocycles. The summed E-state index contributed by atoms with van der Waals surface area (Å²) in [5.74, 6) is -0.440. The standard InChI is InChI=1S/C15H20N4O2/c1-5-10-11(6-2)16-17-14(13(10)15(20)21)19-8-7-12(18-19)9(3)4/h7-9H,5-6H2,1-4H3,(H,20,21). The summed E-state index contributed by atoms with van der Waals surface area (Å²) in [5, 5.41) is 22.2. The van der Waals surface area contributed by atoms with Crippen molar-refractivity contribution in [1.82, 2.24) is 20.0 Å². The number of carboxylic acids is 1. The van der Waals surface area contributed by atoms with Crippen molar-refractivity contribution in [1.29, 1.82) is 0 Å². The Balaban J connectivity index is 2.64. The fraction of sp³-hybridized carbons (Fsp3) is 0.467. The van der Waals surface area contributed by atoms with Crippen molar-refractivity contribution in [2.75, 3.05) is 0 Å². The van der Waals surface area contributed by atoms with E-state index < -0.39 is 5.97 Å². The molecule has 112 valence electrons. The highest BCUT2D eigenvalue weighted by atomic mass is 16.4. The average Bonchev–Trinajstić information content (AvgIpc) is 2.95. The van der Waals surface area contributed by atoms with Crippen LogP contribution in [-0.2, 0) is 12.8 Å². The van der Waals surface area contributed by atoms with Crippen LogP contribution in [0.15, 0.2) is 12.3 Å². The first-order chi connectivity index (χ1) is 9.99. The third-order valence-electron chi connectivity index (χ3n) is 3.46. The summed E-state index contributed by atoms with van der Waals surface area (Å²) in [6, 6.07) is 1.87. The number of aromatic carboxylic acids is 1. The molecule has 2 aromatic heterocycles. The van der Waals surface area contributed by atoms with Crippen molar-refractivity contribution in [3.63, 3.8) is 0 Å². The number of carboxylic acid groups (broad SMARTS) is 1. The van der Waals surface area contributed by atoms with Crippen molar-refractivity contribution in [2.45, 2.75) is 46.5 Å². The molecule has 6 heteroatoms. The lowest BCUT2D eigenvalue weighted by Gasteiger charge is -2.12.